The van der Waals surface area contributed by atoms with Gasteiger partial charge >= 0.3 is 0 Å². The Balaban J connectivity index is 0.00000127. The summed E-state index contributed by atoms with van der Waals surface area (Å²) in [6, 6.07) is 0. The first kappa shape index (κ1) is 20.3. The van der Waals surface area contributed by atoms with Crippen LogP contribution in [0.3, 0.4) is 0 Å². The SMILES string of the molecule is C/C=C/C1CCC(C=CC2CCC(SC#N)C(F)C2)CC1.CC. The molecule has 2 aliphatic rings. The average molecular weight is 338 g/mol. The number of thiocyanates is 1. The summed E-state index contributed by atoms with van der Waals surface area (Å²) in [6.45, 7) is 6.10. The van der Waals surface area contributed by atoms with E-state index in [-0.39, 0.29) is 5.25 Å². The molecule has 3 heteroatoms. The first-order valence-electron chi connectivity index (χ1n) is 9.22. The highest BCUT2D eigenvalue weighted by atomic mass is 32.2. The normalized spacial score (nSPS) is 34.8. The number of hydrogen-bond acceptors (Lipinski definition) is 2. The van der Waals surface area contributed by atoms with Crippen molar-refractivity contribution in [3.05, 3.63) is 24.3 Å². The molecule has 0 N–H and O–H groups in total. The van der Waals surface area contributed by atoms with Crippen LogP contribution in [0.5, 0.6) is 0 Å². The van der Waals surface area contributed by atoms with Crippen LogP contribution in [0.2, 0.25) is 0 Å². The third-order valence-electron chi connectivity index (χ3n) is 4.89. The van der Waals surface area contributed by atoms with E-state index < -0.39 is 6.17 Å². The molecule has 0 bridgehead atoms. The van der Waals surface area contributed by atoms with Crippen molar-refractivity contribution in [3.63, 3.8) is 0 Å². The molecule has 0 spiro atoms. The van der Waals surface area contributed by atoms with E-state index in [4.69, 9.17) is 5.26 Å². The number of nitriles is 1. The van der Waals surface area contributed by atoms with Crippen molar-refractivity contribution in [2.75, 3.05) is 0 Å². The standard InChI is InChI=1S/C18H26FNS.C2H6/c1-2-3-14-4-6-15(7-5-14)8-9-16-10-11-18(21-13-20)17(19)12-16;1-2/h2-3,8-9,14-18H,4-7,10-12H2,1H3;1-2H3/b3-2+,9-8?;. The molecule has 3 atom stereocenters. The van der Waals surface area contributed by atoms with E-state index in [9.17, 15) is 4.39 Å². The van der Waals surface area contributed by atoms with Crippen molar-refractivity contribution in [1.82, 2.24) is 0 Å². The Kier molecular flexibility index (Phi) is 10.4. The van der Waals surface area contributed by atoms with Gasteiger partial charge in [0, 0.05) is 0 Å². The second kappa shape index (κ2) is 11.7. The molecule has 23 heavy (non-hydrogen) atoms. The fourth-order valence-electron chi connectivity index (χ4n) is 3.61. The molecule has 0 aromatic heterocycles. The van der Waals surface area contributed by atoms with Crippen LogP contribution in [0.25, 0.3) is 0 Å². The fraction of sp³-hybridized carbons (Fsp3) is 0.750. The Morgan fingerprint density at radius 3 is 1.96 bits per heavy atom. The summed E-state index contributed by atoms with van der Waals surface area (Å²) >= 11 is 1.11. The third-order valence-corrected chi connectivity index (χ3v) is 5.83. The Labute approximate surface area is 146 Å². The van der Waals surface area contributed by atoms with Crippen molar-refractivity contribution in [2.45, 2.75) is 77.1 Å². The molecule has 0 aromatic carbocycles. The van der Waals surface area contributed by atoms with Crippen molar-refractivity contribution in [3.8, 4) is 5.40 Å². The average Bonchev–Trinajstić information content (AvgIpc) is 2.59. The summed E-state index contributed by atoms with van der Waals surface area (Å²) in [4.78, 5) is 0. The monoisotopic (exact) mass is 337 g/mol. The molecule has 130 valence electrons. The number of nitrogens with zero attached hydrogens (tertiary/aromatic N) is 1. The van der Waals surface area contributed by atoms with Crippen LogP contribution in [0.15, 0.2) is 24.3 Å². The Hall–Kier alpha value is -0.750. The van der Waals surface area contributed by atoms with E-state index in [2.05, 4.69) is 31.2 Å². The first-order chi connectivity index (χ1) is 11.2. The molecule has 0 heterocycles. The highest BCUT2D eigenvalue weighted by molar-refractivity contribution is 8.04. The lowest BCUT2D eigenvalue weighted by Gasteiger charge is -2.29. The van der Waals surface area contributed by atoms with Crippen molar-refractivity contribution < 1.29 is 4.39 Å². The molecular formula is C20H32FNS. The van der Waals surface area contributed by atoms with Crippen molar-refractivity contribution >= 4 is 11.8 Å². The summed E-state index contributed by atoms with van der Waals surface area (Å²) in [5.41, 5.74) is 0. The summed E-state index contributed by atoms with van der Waals surface area (Å²) in [7, 11) is 0. The van der Waals surface area contributed by atoms with E-state index in [1.165, 1.54) is 25.7 Å². The Morgan fingerprint density at radius 2 is 1.43 bits per heavy atom. The number of alkyl halides is 1. The minimum atomic E-state index is -0.816. The van der Waals surface area contributed by atoms with Gasteiger partial charge in [-0.3, -0.25) is 0 Å². The van der Waals surface area contributed by atoms with Gasteiger partial charge in [0.2, 0.25) is 0 Å². The number of hydrogen-bond donors (Lipinski definition) is 0. The second-order valence-electron chi connectivity index (χ2n) is 6.42. The minimum Gasteiger partial charge on any atom is -0.246 e. The van der Waals surface area contributed by atoms with Crippen molar-refractivity contribution in [1.29, 1.82) is 5.26 Å². The predicted octanol–water partition coefficient (Wildman–Crippen LogP) is 6.67. The summed E-state index contributed by atoms with van der Waals surface area (Å²) in [5, 5.41) is 10.6. The van der Waals surface area contributed by atoms with Gasteiger partial charge in [-0.2, -0.15) is 5.26 Å². The summed E-state index contributed by atoms with van der Waals surface area (Å²) in [5.74, 6) is 1.84. The summed E-state index contributed by atoms with van der Waals surface area (Å²) in [6.07, 6.45) is 15.9. The number of thioether (sulfide) groups is 1. The Bertz CT molecular complexity index is 404. The van der Waals surface area contributed by atoms with Gasteiger partial charge in [-0.1, -0.05) is 38.2 Å². The fourth-order valence-corrected chi connectivity index (χ4v) is 4.26. The van der Waals surface area contributed by atoms with Crippen molar-refractivity contribution in [2.24, 2.45) is 17.8 Å². The van der Waals surface area contributed by atoms with Gasteiger partial charge in [-0.05, 0) is 81.4 Å². The van der Waals surface area contributed by atoms with E-state index >= 15 is 0 Å². The maximum absolute atomic E-state index is 14.0. The maximum atomic E-state index is 14.0. The lowest BCUT2D eigenvalue weighted by atomic mass is 9.80. The molecule has 3 unspecified atom stereocenters. The van der Waals surface area contributed by atoms with Crippen LogP contribution < -0.4 is 0 Å². The largest absolute Gasteiger partial charge is 0.246 e. The lowest BCUT2D eigenvalue weighted by molar-refractivity contribution is 0.229. The first-order valence-corrected chi connectivity index (χ1v) is 10.1. The van der Waals surface area contributed by atoms with Crippen LogP contribution in [0.4, 0.5) is 4.39 Å². The van der Waals surface area contributed by atoms with E-state index in [1.807, 2.05) is 19.2 Å². The zero-order valence-electron chi connectivity index (χ0n) is 14.9. The predicted molar refractivity (Wildman–Crippen MR) is 100.0 cm³/mol. The van der Waals surface area contributed by atoms with Gasteiger partial charge in [0.15, 0.2) is 0 Å². The van der Waals surface area contributed by atoms with Gasteiger partial charge in [-0.25, -0.2) is 4.39 Å². The molecule has 1 nitrogen and oxygen atoms in total. The van der Waals surface area contributed by atoms with Gasteiger partial charge in [-0.15, -0.1) is 0 Å². The summed E-state index contributed by atoms with van der Waals surface area (Å²) < 4.78 is 14.0. The smallest absolute Gasteiger partial charge is 0.133 e. The minimum absolute atomic E-state index is 0.101. The number of halogens is 1. The van der Waals surface area contributed by atoms with Crippen LogP contribution in [0.1, 0.15) is 65.7 Å². The van der Waals surface area contributed by atoms with E-state index in [0.29, 0.717) is 18.3 Å². The van der Waals surface area contributed by atoms with Gasteiger partial charge in [0.05, 0.1) is 5.25 Å². The highest BCUT2D eigenvalue weighted by Crippen LogP contribution is 2.36. The lowest BCUT2D eigenvalue weighted by Crippen LogP contribution is -2.27. The van der Waals surface area contributed by atoms with Gasteiger partial charge in [0.1, 0.15) is 11.6 Å². The second-order valence-corrected chi connectivity index (χ2v) is 7.45. The molecule has 0 aliphatic heterocycles. The van der Waals surface area contributed by atoms with E-state index in [1.54, 1.807) is 0 Å². The quantitative estimate of drug-likeness (QED) is 0.422. The zero-order valence-corrected chi connectivity index (χ0v) is 15.7. The molecule has 0 saturated heterocycles. The molecule has 2 rings (SSSR count). The highest BCUT2D eigenvalue weighted by Gasteiger charge is 2.30. The molecule has 0 amide bonds. The third kappa shape index (κ3) is 7.12. The zero-order chi connectivity index (χ0) is 17.1. The molecule has 2 saturated carbocycles. The molecular weight excluding hydrogens is 305 g/mol. The number of allylic oxidation sites excluding steroid dienone is 4. The molecule has 2 aliphatic carbocycles. The van der Waals surface area contributed by atoms with Crippen LogP contribution in [-0.2, 0) is 0 Å². The van der Waals surface area contributed by atoms with E-state index in [0.717, 1.165) is 30.5 Å². The molecule has 2 fully saturated rings. The van der Waals surface area contributed by atoms with Gasteiger partial charge < -0.3 is 0 Å². The van der Waals surface area contributed by atoms with Crippen LogP contribution in [-0.4, -0.2) is 11.4 Å². The van der Waals surface area contributed by atoms with Crippen LogP contribution in [0, 0.1) is 28.4 Å². The number of rotatable bonds is 4. The van der Waals surface area contributed by atoms with Crippen LogP contribution >= 0.6 is 11.8 Å². The van der Waals surface area contributed by atoms with Gasteiger partial charge in [0.25, 0.3) is 0 Å². The molecule has 0 aromatic rings. The topological polar surface area (TPSA) is 23.8 Å². The maximum Gasteiger partial charge on any atom is 0.133 e. The Morgan fingerprint density at radius 1 is 0.913 bits per heavy atom. The molecule has 0 radical (unpaired) electrons.